The second-order valence-electron chi connectivity index (χ2n) is 4.06. The van der Waals surface area contributed by atoms with E-state index >= 15 is 0 Å². The highest BCUT2D eigenvalue weighted by Crippen LogP contribution is 2.24. The minimum atomic E-state index is -0.588. The number of hydrogen-bond acceptors (Lipinski definition) is 3. The van der Waals surface area contributed by atoms with E-state index in [4.69, 9.17) is 5.11 Å². The largest absolute Gasteiger partial charge is 0.395 e. The maximum Gasteiger partial charge on any atom is 0.234 e. The van der Waals surface area contributed by atoms with Crippen molar-refractivity contribution in [2.75, 3.05) is 11.5 Å². The molecule has 1 saturated heterocycles. The van der Waals surface area contributed by atoms with E-state index in [-0.39, 0.29) is 48.9 Å². The zero-order chi connectivity index (χ0) is 13.8. The van der Waals surface area contributed by atoms with Crippen molar-refractivity contribution in [2.45, 2.75) is 19.3 Å². The highest BCUT2D eigenvalue weighted by Gasteiger charge is 2.30. The van der Waals surface area contributed by atoms with Gasteiger partial charge in [0.15, 0.2) is 0 Å². The number of amides is 2. The molecule has 2 amide bonds. The first-order valence-electron chi connectivity index (χ1n) is 5.88. The number of carbonyl (C=O) groups is 2. The summed E-state index contributed by atoms with van der Waals surface area (Å²) in [6.45, 7) is -0.0799. The maximum absolute atomic E-state index is 13.8. The zero-order valence-electron chi connectivity index (χ0n) is 10.1. The Morgan fingerprint density at radius 2 is 1.95 bits per heavy atom. The average Bonchev–Trinajstić information content (AvgIpc) is 2.71. The van der Waals surface area contributed by atoms with E-state index in [1.165, 1.54) is 12.1 Å². The number of benzene rings is 1. The lowest BCUT2D eigenvalue weighted by Crippen LogP contribution is -2.28. The van der Waals surface area contributed by atoms with E-state index in [1.54, 1.807) is 0 Å². The lowest BCUT2D eigenvalue weighted by atomic mass is 10.2. The van der Waals surface area contributed by atoms with Crippen LogP contribution in [0.15, 0.2) is 18.2 Å². The first kappa shape index (κ1) is 13.2. The summed E-state index contributed by atoms with van der Waals surface area (Å²) in [7, 11) is 0. The molecule has 1 aliphatic rings. The Morgan fingerprint density at radius 3 is 2.53 bits per heavy atom. The Morgan fingerprint density at radius 1 is 1.26 bits per heavy atom. The molecule has 5 heteroatoms. The van der Waals surface area contributed by atoms with Gasteiger partial charge < -0.3 is 5.11 Å². The summed E-state index contributed by atoms with van der Waals surface area (Å²) in [6.07, 6.45) is 0.599. The van der Waals surface area contributed by atoms with E-state index in [1.807, 2.05) is 0 Å². The Balaban J connectivity index is 2.27. The number of anilines is 1. The third kappa shape index (κ3) is 2.80. The number of hydrogen-bond donors (Lipinski definition) is 1. The van der Waals surface area contributed by atoms with Crippen molar-refractivity contribution in [3.63, 3.8) is 0 Å². The van der Waals surface area contributed by atoms with Gasteiger partial charge in [-0.1, -0.05) is 11.8 Å². The van der Waals surface area contributed by atoms with Crippen molar-refractivity contribution < 1.29 is 19.1 Å². The number of rotatable bonds is 2. The normalized spacial score (nSPS) is 14.5. The minimum absolute atomic E-state index is 0.0799. The number of halogens is 1. The molecule has 0 aliphatic carbocycles. The number of aliphatic hydroxyl groups is 1. The topological polar surface area (TPSA) is 57.6 Å². The third-order valence-electron chi connectivity index (χ3n) is 2.72. The van der Waals surface area contributed by atoms with Crippen LogP contribution in [-0.4, -0.2) is 23.5 Å². The molecule has 2 rings (SSSR count). The molecule has 19 heavy (non-hydrogen) atoms. The van der Waals surface area contributed by atoms with Crippen LogP contribution in [0.25, 0.3) is 0 Å². The molecular formula is C14H12FNO3. The second-order valence-corrected chi connectivity index (χ2v) is 4.06. The number of nitrogens with zero attached hydrogens (tertiary/aromatic N) is 1. The van der Waals surface area contributed by atoms with Gasteiger partial charge >= 0.3 is 0 Å². The predicted octanol–water partition coefficient (Wildman–Crippen LogP) is 1.21. The van der Waals surface area contributed by atoms with Gasteiger partial charge in [0.2, 0.25) is 11.8 Å². The molecule has 0 atom stereocenters. The standard InChI is InChI=1S/C14H12FNO3/c15-12-9-11(16-13(18)6-7-14(16)19)5-4-10(12)3-1-2-8-17/h4-5,9,17H,2,6-8H2. The first-order chi connectivity index (χ1) is 9.13. The van der Waals surface area contributed by atoms with E-state index in [2.05, 4.69) is 11.8 Å². The fourth-order valence-corrected chi connectivity index (χ4v) is 1.82. The summed E-state index contributed by atoms with van der Waals surface area (Å²) in [5.41, 5.74) is 0.411. The van der Waals surface area contributed by atoms with Gasteiger partial charge in [0.1, 0.15) is 5.82 Å². The third-order valence-corrected chi connectivity index (χ3v) is 2.72. The molecule has 0 unspecified atom stereocenters. The van der Waals surface area contributed by atoms with Gasteiger partial charge in [-0.3, -0.25) is 14.5 Å². The molecule has 1 aliphatic heterocycles. The maximum atomic E-state index is 13.8. The van der Waals surface area contributed by atoms with Gasteiger partial charge in [-0.05, 0) is 18.2 Å². The molecule has 1 aromatic rings. The highest BCUT2D eigenvalue weighted by molar-refractivity contribution is 6.19. The molecule has 1 aromatic carbocycles. The van der Waals surface area contributed by atoms with Crippen LogP contribution in [0.1, 0.15) is 24.8 Å². The van der Waals surface area contributed by atoms with Crippen LogP contribution < -0.4 is 4.90 Å². The Hall–Kier alpha value is -2.19. The molecule has 0 bridgehead atoms. The van der Waals surface area contributed by atoms with Crippen LogP contribution in [0.2, 0.25) is 0 Å². The number of aliphatic hydroxyl groups excluding tert-OH is 1. The van der Waals surface area contributed by atoms with Crippen molar-refractivity contribution in [2.24, 2.45) is 0 Å². The zero-order valence-corrected chi connectivity index (χ0v) is 10.1. The van der Waals surface area contributed by atoms with Crippen LogP contribution in [0.3, 0.4) is 0 Å². The molecule has 0 radical (unpaired) electrons. The molecule has 1 fully saturated rings. The molecule has 4 nitrogen and oxygen atoms in total. The molecule has 0 saturated carbocycles. The monoisotopic (exact) mass is 261 g/mol. The molecule has 0 spiro atoms. The van der Waals surface area contributed by atoms with Gasteiger partial charge in [0, 0.05) is 19.3 Å². The van der Waals surface area contributed by atoms with Gasteiger partial charge in [0.05, 0.1) is 17.9 Å². The van der Waals surface area contributed by atoms with E-state index in [0.717, 1.165) is 11.0 Å². The van der Waals surface area contributed by atoms with Gasteiger partial charge in [-0.25, -0.2) is 4.39 Å². The van der Waals surface area contributed by atoms with Crippen molar-refractivity contribution in [3.05, 3.63) is 29.6 Å². The number of carbonyl (C=O) groups excluding carboxylic acids is 2. The summed E-state index contributed by atoms with van der Waals surface area (Å²) in [5, 5.41) is 8.58. The van der Waals surface area contributed by atoms with Crippen molar-refractivity contribution in [1.82, 2.24) is 0 Å². The predicted molar refractivity (Wildman–Crippen MR) is 66.7 cm³/mol. The SMILES string of the molecule is O=C1CCC(=O)N1c1ccc(C#CCCO)c(F)c1. The summed E-state index contributed by atoms with van der Waals surface area (Å²) in [5.74, 6) is 3.97. The fraction of sp³-hybridized carbons (Fsp3) is 0.286. The minimum Gasteiger partial charge on any atom is -0.395 e. The Kier molecular flexibility index (Phi) is 3.93. The fourth-order valence-electron chi connectivity index (χ4n) is 1.82. The molecule has 1 heterocycles. The summed E-state index contributed by atoms with van der Waals surface area (Å²) in [6, 6.07) is 4.05. The summed E-state index contributed by atoms with van der Waals surface area (Å²) >= 11 is 0. The summed E-state index contributed by atoms with van der Waals surface area (Å²) in [4.78, 5) is 24.0. The highest BCUT2D eigenvalue weighted by atomic mass is 19.1. The van der Waals surface area contributed by atoms with Crippen molar-refractivity contribution in [3.8, 4) is 11.8 Å². The van der Waals surface area contributed by atoms with E-state index in [9.17, 15) is 14.0 Å². The Bertz CT molecular complexity index is 570. The molecule has 98 valence electrons. The lowest BCUT2D eigenvalue weighted by Gasteiger charge is -2.13. The second kappa shape index (κ2) is 5.63. The van der Waals surface area contributed by atoms with Gasteiger partial charge in [-0.15, -0.1) is 0 Å². The Labute approximate surface area is 109 Å². The van der Waals surface area contributed by atoms with Crippen LogP contribution >= 0.6 is 0 Å². The van der Waals surface area contributed by atoms with E-state index in [0.29, 0.717) is 0 Å². The van der Waals surface area contributed by atoms with E-state index < -0.39 is 5.82 Å². The summed E-state index contributed by atoms with van der Waals surface area (Å²) < 4.78 is 13.8. The van der Waals surface area contributed by atoms with Gasteiger partial charge in [-0.2, -0.15) is 0 Å². The molecule has 1 N–H and O–H groups in total. The van der Waals surface area contributed by atoms with Crippen molar-refractivity contribution in [1.29, 1.82) is 0 Å². The van der Waals surface area contributed by atoms with Crippen molar-refractivity contribution >= 4 is 17.5 Å². The smallest absolute Gasteiger partial charge is 0.234 e. The van der Waals surface area contributed by atoms with Gasteiger partial charge in [0.25, 0.3) is 0 Å². The molecular weight excluding hydrogens is 249 g/mol. The van der Waals surface area contributed by atoms with Crippen LogP contribution in [0.4, 0.5) is 10.1 Å². The first-order valence-corrected chi connectivity index (χ1v) is 5.88. The van der Waals surface area contributed by atoms with Crippen LogP contribution in [-0.2, 0) is 9.59 Å². The number of imide groups is 1. The average molecular weight is 261 g/mol. The van der Waals surface area contributed by atoms with Crippen LogP contribution in [0, 0.1) is 17.7 Å². The quantitative estimate of drug-likeness (QED) is 0.643. The van der Waals surface area contributed by atoms with Crippen LogP contribution in [0.5, 0.6) is 0 Å². The lowest BCUT2D eigenvalue weighted by molar-refractivity contribution is -0.121. The molecule has 0 aromatic heterocycles.